The minimum absolute atomic E-state index is 0.585. The van der Waals surface area contributed by atoms with Gasteiger partial charge in [-0.15, -0.1) is 0 Å². The second-order valence-corrected chi connectivity index (χ2v) is 4.45. The lowest BCUT2D eigenvalue weighted by molar-refractivity contribution is 0.589. The van der Waals surface area contributed by atoms with E-state index in [0.717, 1.165) is 18.6 Å². The number of unbranched alkanes of at least 4 members (excludes halogenated alkanes) is 5. The van der Waals surface area contributed by atoms with E-state index in [1.165, 1.54) is 25.7 Å². The molecular weight excluding hydrogens is 156 g/mol. The summed E-state index contributed by atoms with van der Waals surface area (Å²) in [6.45, 7) is 3.78. The Morgan fingerprint density at radius 2 is 1.64 bits per heavy atom. The Morgan fingerprint density at radius 1 is 1.09 bits per heavy atom. The first-order valence-corrected chi connectivity index (χ1v) is 6.09. The van der Waals surface area contributed by atoms with Gasteiger partial charge in [0.05, 0.1) is 6.26 Å². The molecule has 11 heavy (non-hydrogen) atoms. The third-order valence-electron chi connectivity index (χ3n) is 1.68. The van der Waals surface area contributed by atoms with Crippen molar-refractivity contribution in [1.82, 2.24) is 0 Å². The van der Waals surface area contributed by atoms with E-state index in [9.17, 15) is 4.55 Å². The summed E-state index contributed by atoms with van der Waals surface area (Å²) in [4.78, 5) is 0. The molecule has 1 atom stereocenters. The van der Waals surface area contributed by atoms with Gasteiger partial charge in [-0.1, -0.05) is 43.8 Å². The van der Waals surface area contributed by atoms with Crippen LogP contribution in [-0.4, -0.2) is 16.6 Å². The largest absolute Gasteiger partial charge is 0.617 e. The van der Waals surface area contributed by atoms with Crippen LogP contribution in [-0.2, 0) is 11.2 Å². The van der Waals surface area contributed by atoms with Crippen LogP contribution >= 0.6 is 0 Å². The molecule has 0 aliphatic carbocycles. The van der Waals surface area contributed by atoms with Crippen molar-refractivity contribution in [2.24, 2.45) is 0 Å². The van der Waals surface area contributed by atoms with Crippen LogP contribution in [0.5, 0.6) is 0 Å². The quantitative estimate of drug-likeness (QED) is 0.431. The smallest absolute Gasteiger partial charge is 0.105 e. The van der Waals surface area contributed by atoms with Crippen LogP contribution in [0.2, 0.25) is 0 Å². The molecular formula is C9H19OS. The molecule has 0 heterocycles. The van der Waals surface area contributed by atoms with Gasteiger partial charge < -0.3 is 4.55 Å². The molecule has 0 aliphatic heterocycles. The van der Waals surface area contributed by atoms with Crippen LogP contribution in [0.4, 0.5) is 0 Å². The number of hydrogen-bond acceptors (Lipinski definition) is 1. The molecule has 0 fully saturated rings. The first-order chi connectivity index (χ1) is 5.27. The zero-order valence-electron chi connectivity index (χ0n) is 7.47. The third kappa shape index (κ3) is 10.3. The Kier molecular flexibility index (Phi) is 8.64. The highest BCUT2D eigenvalue weighted by molar-refractivity contribution is 7.90. The van der Waals surface area contributed by atoms with Gasteiger partial charge in [-0.05, 0) is 12.8 Å². The van der Waals surface area contributed by atoms with Crippen molar-refractivity contribution >= 4 is 11.2 Å². The van der Waals surface area contributed by atoms with Gasteiger partial charge in [0, 0.05) is 0 Å². The van der Waals surface area contributed by atoms with E-state index in [4.69, 9.17) is 0 Å². The molecule has 0 aromatic heterocycles. The maximum absolute atomic E-state index is 10.6. The standard InChI is InChI=1S/C9H19OS/c1-3-4-5-6-7-8-9-11(2)10/h1,3-9H2,2H3. The molecule has 0 aromatic carbocycles. The van der Waals surface area contributed by atoms with Crippen molar-refractivity contribution in [3.05, 3.63) is 6.92 Å². The normalized spacial score (nSPS) is 13.4. The zero-order valence-corrected chi connectivity index (χ0v) is 8.29. The molecule has 0 spiro atoms. The fourth-order valence-electron chi connectivity index (χ4n) is 1.01. The summed E-state index contributed by atoms with van der Waals surface area (Å²) < 4.78 is 10.6. The predicted molar refractivity (Wildman–Crippen MR) is 52.0 cm³/mol. The Hall–Kier alpha value is 0.310. The van der Waals surface area contributed by atoms with Crippen molar-refractivity contribution in [2.45, 2.75) is 38.5 Å². The van der Waals surface area contributed by atoms with Crippen molar-refractivity contribution in [2.75, 3.05) is 12.0 Å². The van der Waals surface area contributed by atoms with E-state index in [-0.39, 0.29) is 0 Å². The summed E-state index contributed by atoms with van der Waals surface area (Å²) in [5, 5.41) is 0. The lowest BCUT2D eigenvalue weighted by Gasteiger charge is -2.03. The molecule has 0 bridgehead atoms. The topological polar surface area (TPSA) is 23.1 Å². The summed E-state index contributed by atoms with van der Waals surface area (Å²) in [5.41, 5.74) is 0. The summed E-state index contributed by atoms with van der Waals surface area (Å²) >= 11 is -0.585. The van der Waals surface area contributed by atoms with Gasteiger partial charge in [-0.2, -0.15) is 0 Å². The van der Waals surface area contributed by atoms with Crippen molar-refractivity contribution in [1.29, 1.82) is 0 Å². The highest BCUT2D eigenvalue weighted by atomic mass is 32.2. The minimum Gasteiger partial charge on any atom is -0.617 e. The van der Waals surface area contributed by atoms with E-state index in [1.54, 1.807) is 6.26 Å². The molecule has 0 aliphatic rings. The Morgan fingerprint density at radius 3 is 2.18 bits per heavy atom. The molecule has 0 aromatic rings. The molecule has 0 saturated heterocycles. The summed E-state index contributed by atoms with van der Waals surface area (Å²) in [6, 6.07) is 0. The highest BCUT2D eigenvalue weighted by Gasteiger charge is 1.95. The molecule has 0 saturated carbocycles. The van der Waals surface area contributed by atoms with E-state index in [2.05, 4.69) is 6.92 Å². The van der Waals surface area contributed by atoms with Crippen LogP contribution < -0.4 is 0 Å². The molecule has 1 unspecified atom stereocenters. The first-order valence-electron chi connectivity index (χ1n) is 4.36. The monoisotopic (exact) mass is 175 g/mol. The average Bonchev–Trinajstić information content (AvgIpc) is 1.96. The van der Waals surface area contributed by atoms with Gasteiger partial charge in [0.15, 0.2) is 0 Å². The van der Waals surface area contributed by atoms with Crippen molar-refractivity contribution in [3.63, 3.8) is 0 Å². The fourth-order valence-corrected chi connectivity index (χ4v) is 1.62. The maximum Gasteiger partial charge on any atom is 0.105 e. The highest BCUT2D eigenvalue weighted by Crippen LogP contribution is 2.05. The van der Waals surface area contributed by atoms with Gasteiger partial charge in [-0.25, -0.2) is 0 Å². The summed E-state index contributed by atoms with van der Waals surface area (Å²) in [7, 11) is 0. The van der Waals surface area contributed by atoms with Gasteiger partial charge in [-0.3, -0.25) is 0 Å². The Bertz CT molecular complexity index is 74.0. The van der Waals surface area contributed by atoms with Crippen molar-refractivity contribution < 1.29 is 4.55 Å². The number of rotatable bonds is 7. The molecule has 67 valence electrons. The molecule has 2 heteroatoms. The van der Waals surface area contributed by atoms with E-state index >= 15 is 0 Å². The first kappa shape index (κ1) is 11.3. The average molecular weight is 175 g/mol. The van der Waals surface area contributed by atoms with Crippen LogP contribution in [0.3, 0.4) is 0 Å². The maximum atomic E-state index is 10.6. The molecule has 1 radical (unpaired) electrons. The second kappa shape index (κ2) is 8.41. The van der Waals surface area contributed by atoms with Crippen molar-refractivity contribution in [3.8, 4) is 0 Å². The third-order valence-corrected chi connectivity index (χ3v) is 2.55. The fraction of sp³-hybridized carbons (Fsp3) is 0.889. The number of hydrogen-bond donors (Lipinski definition) is 0. The Labute approximate surface area is 73.8 Å². The van der Waals surface area contributed by atoms with Gasteiger partial charge >= 0.3 is 0 Å². The zero-order chi connectivity index (χ0) is 8.53. The lowest BCUT2D eigenvalue weighted by atomic mass is 10.1. The molecule has 1 nitrogen and oxygen atoms in total. The van der Waals surface area contributed by atoms with E-state index in [0.29, 0.717) is 0 Å². The van der Waals surface area contributed by atoms with Gasteiger partial charge in [0.1, 0.15) is 5.75 Å². The lowest BCUT2D eigenvalue weighted by Crippen LogP contribution is -2.02. The van der Waals surface area contributed by atoms with Crippen LogP contribution in [0.15, 0.2) is 0 Å². The van der Waals surface area contributed by atoms with E-state index in [1.807, 2.05) is 0 Å². The van der Waals surface area contributed by atoms with Gasteiger partial charge in [0.2, 0.25) is 0 Å². The summed E-state index contributed by atoms with van der Waals surface area (Å²) in [5.74, 6) is 0.879. The second-order valence-electron chi connectivity index (χ2n) is 2.90. The van der Waals surface area contributed by atoms with Crippen LogP contribution in [0.1, 0.15) is 38.5 Å². The SMILES string of the molecule is [CH2]CCCCCCC[S+](C)[O-]. The predicted octanol–water partition coefficient (Wildman–Crippen LogP) is 2.54. The minimum atomic E-state index is -0.585. The van der Waals surface area contributed by atoms with Crippen LogP contribution in [0, 0.1) is 6.92 Å². The Balaban J connectivity index is 2.80. The summed E-state index contributed by atoms with van der Waals surface area (Å²) in [6.07, 6.45) is 9.01. The van der Waals surface area contributed by atoms with E-state index < -0.39 is 11.2 Å². The molecule has 0 rings (SSSR count). The molecule has 0 N–H and O–H groups in total. The van der Waals surface area contributed by atoms with Gasteiger partial charge in [0.25, 0.3) is 0 Å². The molecule has 0 amide bonds. The van der Waals surface area contributed by atoms with Crippen LogP contribution in [0.25, 0.3) is 0 Å².